The molecule has 2 rings (SSSR count). The second-order valence-electron chi connectivity index (χ2n) is 3.71. The molecule has 0 aliphatic carbocycles. The van der Waals surface area contributed by atoms with E-state index >= 15 is 0 Å². The molecule has 0 bridgehead atoms. The first-order valence-electron chi connectivity index (χ1n) is 5.28. The number of benzene rings is 1. The smallest absolute Gasteiger partial charge is 0.340 e. The van der Waals surface area contributed by atoms with E-state index in [1.54, 1.807) is 18.3 Å². The van der Waals surface area contributed by atoms with Crippen molar-refractivity contribution >= 4 is 11.3 Å². The summed E-state index contributed by atoms with van der Waals surface area (Å²) < 4.78 is 53.8. The molecule has 1 aromatic heterocycles. The molecule has 1 heterocycles. The van der Waals surface area contributed by atoms with E-state index in [-0.39, 0.29) is 5.75 Å². The Morgan fingerprint density at radius 2 is 1.89 bits per heavy atom. The highest BCUT2D eigenvalue weighted by Gasteiger charge is 2.41. The minimum absolute atomic E-state index is 0.112. The maximum atomic E-state index is 12.7. The molecular formula is C12H9F4NOS. The van der Waals surface area contributed by atoms with Crippen LogP contribution < -0.4 is 4.74 Å². The van der Waals surface area contributed by atoms with Gasteiger partial charge in [0.05, 0.1) is 0 Å². The number of ether oxygens (including phenoxy) is 1. The molecule has 0 aliphatic rings. The summed E-state index contributed by atoms with van der Waals surface area (Å²) in [7, 11) is 0. The molecule has 1 aromatic carbocycles. The van der Waals surface area contributed by atoms with Crippen LogP contribution in [0.2, 0.25) is 0 Å². The van der Waals surface area contributed by atoms with E-state index in [9.17, 15) is 17.6 Å². The van der Waals surface area contributed by atoms with Crippen LogP contribution >= 0.6 is 11.3 Å². The highest BCUT2D eigenvalue weighted by molar-refractivity contribution is 7.13. The van der Waals surface area contributed by atoms with E-state index in [0.29, 0.717) is 0 Å². The van der Waals surface area contributed by atoms with Gasteiger partial charge in [0.2, 0.25) is 0 Å². The molecule has 0 N–H and O–H groups in total. The number of halogens is 4. The van der Waals surface area contributed by atoms with Crippen LogP contribution in [0.1, 0.15) is 0 Å². The van der Waals surface area contributed by atoms with Crippen LogP contribution in [0.4, 0.5) is 17.6 Å². The molecule has 0 atom stereocenters. The number of aromatic nitrogens is 1. The number of thiazole rings is 1. The third-order valence-electron chi connectivity index (χ3n) is 2.28. The first-order valence-corrected chi connectivity index (χ1v) is 6.16. The lowest BCUT2D eigenvalue weighted by atomic mass is 10.2. The zero-order valence-corrected chi connectivity index (χ0v) is 10.3. The lowest BCUT2D eigenvalue weighted by Crippen LogP contribution is -2.33. The zero-order valence-electron chi connectivity index (χ0n) is 9.52. The van der Waals surface area contributed by atoms with Crippen LogP contribution in [0.5, 0.6) is 5.75 Å². The molecule has 0 unspecified atom stereocenters. The summed E-state index contributed by atoms with van der Waals surface area (Å²) in [5.74, 6) is -4.03. The standard InChI is InChI=1S/C12H9F4NOS/c13-11(14)12(15,16)7-18-9-3-1-8(2-4-9)10-17-5-6-19-10/h1-6,11H,7H2. The van der Waals surface area contributed by atoms with Gasteiger partial charge < -0.3 is 4.74 Å². The highest BCUT2D eigenvalue weighted by atomic mass is 32.1. The zero-order chi connectivity index (χ0) is 13.9. The fraction of sp³-hybridized carbons (Fsp3) is 0.250. The summed E-state index contributed by atoms with van der Waals surface area (Å²) in [4.78, 5) is 4.08. The second-order valence-corrected chi connectivity index (χ2v) is 4.61. The predicted molar refractivity (Wildman–Crippen MR) is 64.0 cm³/mol. The van der Waals surface area contributed by atoms with Gasteiger partial charge in [0, 0.05) is 17.1 Å². The van der Waals surface area contributed by atoms with Crippen molar-refractivity contribution in [2.24, 2.45) is 0 Å². The molecule has 0 saturated carbocycles. The first-order chi connectivity index (χ1) is 8.99. The molecule has 0 spiro atoms. The Morgan fingerprint density at radius 3 is 2.42 bits per heavy atom. The van der Waals surface area contributed by atoms with Gasteiger partial charge >= 0.3 is 12.3 Å². The van der Waals surface area contributed by atoms with Gasteiger partial charge in [-0.15, -0.1) is 11.3 Å². The molecule has 7 heteroatoms. The summed E-state index contributed by atoms with van der Waals surface area (Å²) in [5, 5.41) is 2.59. The second kappa shape index (κ2) is 5.56. The van der Waals surface area contributed by atoms with Crippen molar-refractivity contribution in [3.05, 3.63) is 35.8 Å². The highest BCUT2D eigenvalue weighted by Crippen LogP contribution is 2.26. The maximum Gasteiger partial charge on any atom is 0.340 e. The van der Waals surface area contributed by atoms with E-state index in [1.165, 1.54) is 23.5 Å². The van der Waals surface area contributed by atoms with E-state index in [2.05, 4.69) is 9.72 Å². The Morgan fingerprint density at radius 1 is 1.21 bits per heavy atom. The molecule has 2 nitrogen and oxygen atoms in total. The van der Waals surface area contributed by atoms with Crippen LogP contribution in [0, 0.1) is 0 Å². The topological polar surface area (TPSA) is 22.1 Å². The van der Waals surface area contributed by atoms with E-state index in [4.69, 9.17) is 0 Å². The van der Waals surface area contributed by atoms with Crippen LogP contribution in [0.3, 0.4) is 0 Å². The minimum atomic E-state index is -4.14. The van der Waals surface area contributed by atoms with Crippen molar-refractivity contribution in [2.75, 3.05) is 6.61 Å². The quantitative estimate of drug-likeness (QED) is 0.774. The van der Waals surface area contributed by atoms with Crippen molar-refractivity contribution in [3.8, 4) is 16.3 Å². The Bertz CT molecular complexity index is 513. The lowest BCUT2D eigenvalue weighted by molar-refractivity contribution is -0.148. The summed E-state index contributed by atoms with van der Waals surface area (Å²) in [6, 6.07) is 6.15. The predicted octanol–water partition coefficient (Wildman–Crippen LogP) is 4.09. The fourth-order valence-corrected chi connectivity index (χ4v) is 1.95. The first kappa shape index (κ1) is 13.8. The SMILES string of the molecule is FC(F)C(F)(F)COc1ccc(-c2nccs2)cc1. The molecule has 0 amide bonds. The third kappa shape index (κ3) is 3.44. The lowest BCUT2D eigenvalue weighted by Gasteiger charge is -2.15. The van der Waals surface area contributed by atoms with E-state index in [1.807, 2.05) is 5.38 Å². The molecule has 102 valence electrons. The Balaban J connectivity index is 2.00. The fourth-order valence-electron chi connectivity index (χ4n) is 1.30. The van der Waals surface area contributed by atoms with Gasteiger partial charge in [0.15, 0.2) is 6.61 Å². The molecule has 19 heavy (non-hydrogen) atoms. The average Bonchev–Trinajstić information content (AvgIpc) is 2.91. The van der Waals surface area contributed by atoms with E-state index in [0.717, 1.165) is 10.6 Å². The van der Waals surface area contributed by atoms with Gasteiger partial charge in [0.25, 0.3) is 0 Å². The minimum Gasteiger partial charge on any atom is -0.487 e. The Hall–Kier alpha value is -1.63. The number of rotatable bonds is 5. The normalized spacial score (nSPS) is 11.8. The van der Waals surface area contributed by atoms with Crippen molar-refractivity contribution < 1.29 is 22.3 Å². The van der Waals surface area contributed by atoms with Gasteiger partial charge in [-0.25, -0.2) is 13.8 Å². The summed E-state index contributed by atoms with van der Waals surface area (Å²) >= 11 is 1.43. The van der Waals surface area contributed by atoms with Crippen molar-refractivity contribution in [3.63, 3.8) is 0 Å². The summed E-state index contributed by atoms with van der Waals surface area (Å²) in [6.07, 6.45) is -2.09. The molecule has 0 saturated heterocycles. The monoisotopic (exact) mass is 291 g/mol. The molecule has 2 aromatic rings. The number of hydrogen-bond donors (Lipinski definition) is 0. The van der Waals surface area contributed by atoms with Crippen LogP contribution in [0.25, 0.3) is 10.6 Å². The Labute approximate surface area is 110 Å². The van der Waals surface area contributed by atoms with Gasteiger partial charge in [-0.1, -0.05) is 0 Å². The molecule has 0 radical (unpaired) electrons. The summed E-state index contributed by atoms with van der Waals surface area (Å²) in [5.41, 5.74) is 0.808. The molecule has 0 fully saturated rings. The Kier molecular flexibility index (Phi) is 4.04. The van der Waals surface area contributed by atoms with Gasteiger partial charge in [0.1, 0.15) is 10.8 Å². The van der Waals surface area contributed by atoms with Crippen LogP contribution in [0.15, 0.2) is 35.8 Å². The average molecular weight is 291 g/mol. The van der Waals surface area contributed by atoms with E-state index < -0.39 is 19.0 Å². The van der Waals surface area contributed by atoms with Gasteiger partial charge in [-0.3, -0.25) is 0 Å². The van der Waals surface area contributed by atoms with Crippen molar-refractivity contribution in [1.29, 1.82) is 0 Å². The third-order valence-corrected chi connectivity index (χ3v) is 3.11. The largest absolute Gasteiger partial charge is 0.487 e. The van der Waals surface area contributed by atoms with Gasteiger partial charge in [-0.2, -0.15) is 8.78 Å². The molecule has 0 aliphatic heterocycles. The molecular weight excluding hydrogens is 282 g/mol. The number of alkyl halides is 4. The van der Waals surface area contributed by atoms with Crippen molar-refractivity contribution in [2.45, 2.75) is 12.3 Å². The maximum absolute atomic E-state index is 12.7. The number of nitrogens with zero attached hydrogens (tertiary/aromatic N) is 1. The number of hydrogen-bond acceptors (Lipinski definition) is 3. The summed E-state index contributed by atoms with van der Waals surface area (Å²) in [6.45, 7) is -1.35. The van der Waals surface area contributed by atoms with Crippen LogP contribution in [-0.2, 0) is 0 Å². The van der Waals surface area contributed by atoms with Crippen molar-refractivity contribution in [1.82, 2.24) is 4.98 Å². The van der Waals surface area contributed by atoms with Crippen LogP contribution in [-0.4, -0.2) is 23.9 Å². The van der Waals surface area contributed by atoms with Gasteiger partial charge in [-0.05, 0) is 24.3 Å².